The van der Waals surface area contributed by atoms with E-state index in [1.54, 1.807) is 0 Å². The van der Waals surface area contributed by atoms with Crippen LogP contribution in [0.3, 0.4) is 0 Å². The van der Waals surface area contributed by atoms with Crippen molar-refractivity contribution >= 4 is 5.78 Å². The highest BCUT2D eigenvalue weighted by Gasteiger charge is 2.47. The van der Waals surface area contributed by atoms with Gasteiger partial charge in [-0.05, 0) is 30.8 Å². The second-order valence-corrected chi connectivity index (χ2v) is 4.38. The van der Waals surface area contributed by atoms with Gasteiger partial charge in [0.1, 0.15) is 5.78 Å². The van der Waals surface area contributed by atoms with Gasteiger partial charge >= 0.3 is 0 Å². The molecular formula is C12H16O. The molecule has 0 saturated heterocycles. The van der Waals surface area contributed by atoms with Crippen molar-refractivity contribution in [3.05, 3.63) is 24.3 Å². The lowest BCUT2D eigenvalue weighted by molar-refractivity contribution is -0.126. The molecule has 0 amide bonds. The summed E-state index contributed by atoms with van der Waals surface area (Å²) in [5.41, 5.74) is 1.25. The van der Waals surface area contributed by atoms with E-state index in [0.717, 1.165) is 25.7 Å². The van der Waals surface area contributed by atoms with Crippen LogP contribution in [0.4, 0.5) is 0 Å². The van der Waals surface area contributed by atoms with Crippen LogP contribution in [0.5, 0.6) is 0 Å². The fraction of sp³-hybridized carbons (Fsp3) is 0.583. The highest BCUT2D eigenvalue weighted by atomic mass is 16.1. The molecule has 2 atom stereocenters. The van der Waals surface area contributed by atoms with Crippen LogP contribution in [0.15, 0.2) is 24.3 Å². The summed E-state index contributed by atoms with van der Waals surface area (Å²) < 4.78 is 0. The Labute approximate surface area is 79.5 Å². The molecule has 2 aliphatic rings. The Morgan fingerprint density at radius 1 is 1.69 bits per heavy atom. The molecule has 1 fully saturated rings. The van der Waals surface area contributed by atoms with E-state index in [0.29, 0.717) is 11.7 Å². The Bertz CT molecular complexity index is 287. The highest BCUT2D eigenvalue weighted by molar-refractivity contribution is 5.88. The lowest BCUT2D eigenvalue weighted by Gasteiger charge is -2.34. The number of rotatable bonds is 1. The van der Waals surface area contributed by atoms with Crippen molar-refractivity contribution in [3.63, 3.8) is 0 Å². The fourth-order valence-electron chi connectivity index (χ4n) is 2.83. The molecule has 0 heterocycles. The van der Waals surface area contributed by atoms with Gasteiger partial charge in [0.15, 0.2) is 0 Å². The zero-order chi connectivity index (χ0) is 9.47. The van der Waals surface area contributed by atoms with E-state index in [1.807, 2.05) is 6.08 Å². The number of carbonyl (C=O) groups is 1. The molecular weight excluding hydrogens is 160 g/mol. The third-order valence-electron chi connectivity index (χ3n) is 3.75. The Hall–Kier alpha value is -0.850. The minimum Gasteiger partial charge on any atom is -0.299 e. The first-order chi connectivity index (χ1) is 6.18. The summed E-state index contributed by atoms with van der Waals surface area (Å²) in [6, 6.07) is 0. The van der Waals surface area contributed by atoms with Crippen molar-refractivity contribution in [3.8, 4) is 0 Å². The van der Waals surface area contributed by atoms with Crippen LogP contribution in [0.25, 0.3) is 0 Å². The number of ketones is 1. The second-order valence-electron chi connectivity index (χ2n) is 4.38. The minimum atomic E-state index is -0.0573. The zero-order valence-corrected chi connectivity index (χ0v) is 8.18. The molecule has 0 aromatic rings. The monoisotopic (exact) mass is 176 g/mol. The molecule has 0 spiro atoms. The predicted molar refractivity (Wildman–Crippen MR) is 53.4 cm³/mol. The van der Waals surface area contributed by atoms with E-state index in [1.165, 1.54) is 5.57 Å². The summed E-state index contributed by atoms with van der Waals surface area (Å²) in [6.45, 7) is 5.95. The van der Waals surface area contributed by atoms with Gasteiger partial charge in [-0.15, -0.1) is 0 Å². The Balaban J connectivity index is 2.38. The van der Waals surface area contributed by atoms with E-state index < -0.39 is 0 Å². The van der Waals surface area contributed by atoms with Gasteiger partial charge in [-0.25, -0.2) is 0 Å². The molecule has 1 heteroatoms. The number of allylic oxidation sites excluding steroid dienone is 3. The Morgan fingerprint density at radius 2 is 2.46 bits per heavy atom. The molecule has 0 aromatic heterocycles. The van der Waals surface area contributed by atoms with Crippen LogP contribution in [0.2, 0.25) is 0 Å². The molecule has 2 aliphatic carbocycles. The normalized spacial score (nSPS) is 38.4. The van der Waals surface area contributed by atoms with Gasteiger partial charge in [0, 0.05) is 11.8 Å². The quantitative estimate of drug-likeness (QED) is 0.600. The van der Waals surface area contributed by atoms with Crippen molar-refractivity contribution in [2.75, 3.05) is 0 Å². The van der Waals surface area contributed by atoms with Gasteiger partial charge in [0.25, 0.3) is 0 Å². The van der Waals surface area contributed by atoms with Crippen molar-refractivity contribution in [1.82, 2.24) is 0 Å². The van der Waals surface area contributed by atoms with Gasteiger partial charge in [0.05, 0.1) is 0 Å². The van der Waals surface area contributed by atoms with Crippen LogP contribution < -0.4 is 0 Å². The van der Waals surface area contributed by atoms with Crippen LogP contribution in [0, 0.1) is 11.3 Å². The number of Topliss-reactive ketones (excluding diaryl/α,β-unsaturated/α-hetero) is 1. The first-order valence-corrected chi connectivity index (χ1v) is 5.04. The van der Waals surface area contributed by atoms with Gasteiger partial charge < -0.3 is 0 Å². The molecule has 2 unspecified atom stereocenters. The fourth-order valence-corrected chi connectivity index (χ4v) is 2.83. The van der Waals surface area contributed by atoms with E-state index in [-0.39, 0.29) is 5.41 Å². The van der Waals surface area contributed by atoms with Crippen molar-refractivity contribution in [2.45, 2.75) is 32.6 Å². The second kappa shape index (κ2) is 2.83. The molecule has 1 nitrogen and oxygen atoms in total. The van der Waals surface area contributed by atoms with Crippen molar-refractivity contribution in [1.29, 1.82) is 0 Å². The smallest absolute Gasteiger partial charge is 0.139 e. The molecule has 2 rings (SSSR count). The molecule has 1 saturated carbocycles. The van der Waals surface area contributed by atoms with Gasteiger partial charge in [-0.1, -0.05) is 25.7 Å². The van der Waals surface area contributed by atoms with Crippen LogP contribution in [0.1, 0.15) is 32.6 Å². The lowest BCUT2D eigenvalue weighted by Crippen LogP contribution is -2.31. The number of hydrogen-bond acceptors (Lipinski definition) is 1. The van der Waals surface area contributed by atoms with Crippen molar-refractivity contribution in [2.24, 2.45) is 11.3 Å². The molecule has 0 aliphatic heterocycles. The average Bonchev–Trinajstić information content (AvgIpc) is 2.43. The van der Waals surface area contributed by atoms with E-state index in [9.17, 15) is 4.79 Å². The van der Waals surface area contributed by atoms with Gasteiger partial charge in [0.2, 0.25) is 0 Å². The summed E-state index contributed by atoms with van der Waals surface area (Å²) >= 11 is 0. The molecule has 0 bridgehead atoms. The number of carbonyl (C=O) groups excluding carboxylic acids is 1. The third-order valence-corrected chi connectivity index (χ3v) is 3.75. The van der Waals surface area contributed by atoms with Gasteiger partial charge in [-0.3, -0.25) is 4.79 Å². The molecule has 0 aromatic carbocycles. The van der Waals surface area contributed by atoms with E-state index in [4.69, 9.17) is 0 Å². The summed E-state index contributed by atoms with van der Waals surface area (Å²) in [4.78, 5) is 11.7. The van der Waals surface area contributed by atoms with Crippen LogP contribution in [-0.4, -0.2) is 5.78 Å². The van der Waals surface area contributed by atoms with E-state index >= 15 is 0 Å². The standard InChI is InChI=1S/C12H16O/c1-3-9-5-4-8-12(2)10(9)6-7-11(12)13/h3,5,10H,1,4,6-8H2,2H3. The van der Waals surface area contributed by atoms with Crippen LogP contribution >= 0.6 is 0 Å². The predicted octanol–water partition coefficient (Wildman–Crippen LogP) is 2.88. The summed E-state index contributed by atoms with van der Waals surface area (Å²) in [5, 5.41) is 0. The SMILES string of the molecule is C=CC1=CCCC2(C)C(=O)CCC12. The summed E-state index contributed by atoms with van der Waals surface area (Å²) in [6.07, 6.45) is 8.06. The number of fused-ring (bicyclic) bond motifs is 1. The Morgan fingerprint density at radius 3 is 3.15 bits per heavy atom. The Kier molecular flexibility index (Phi) is 1.90. The maximum absolute atomic E-state index is 11.7. The highest BCUT2D eigenvalue weighted by Crippen LogP contribution is 2.50. The molecule has 70 valence electrons. The minimum absolute atomic E-state index is 0.0573. The number of hydrogen-bond donors (Lipinski definition) is 0. The molecule has 0 radical (unpaired) electrons. The summed E-state index contributed by atoms with van der Waals surface area (Å²) in [7, 11) is 0. The largest absolute Gasteiger partial charge is 0.299 e. The maximum atomic E-state index is 11.7. The molecule has 0 N–H and O–H groups in total. The topological polar surface area (TPSA) is 17.1 Å². The first kappa shape index (κ1) is 8.74. The molecule has 13 heavy (non-hydrogen) atoms. The average molecular weight is 176 g/mol. The lowest BCUT2D eigenvalue weighted by atomic mass is 9.69. The third kappa shape index (κ3) is 1.10. The first-order valence-electron chi connectivity index (χ1n) is 5.04. The zero-order valence-electron chi connectivity index (χ0n) is 8.18. The van der Waals surface area contributed by atoms with Crippen molar-refractivity contribution < 1.29 is 4.79 Å². The maximum Gasteiger partial charge on any atom is 0.139 e. The van der Waals surface area contributed by atoms with Crippen LogP contribution in [-0.2, 0) is 4.79 Å². The summed E-state index contributed by atoms with van der Waals surface area (Å²) in [5.74, 6) is 0.927. The van der Waals surface area contributed by atoms with Gasteiger partial charge in [-0.2, -0.15) is 0 Å². The van der Waals surface area contributed by atoms with E-state index in [2.05, 4.69) is 19.6 Å².